The molecule has 0 aliphatic rings. The van der Waals surface area contributed by atoms with Crippen LogP contribution in [0.3, 0.4) is 0 Å². The van der Waals surface area contributed by atoms with Crippen LogP contribution in [0.25, 0.3) is 16.3 Å². The first kappa shape index (κ1) is 21.5. The van der Waals surface area contributed by atoms with Crippen molar-refractivity contribution in [1.29, 1.82) is 0 Å². The molecule has 0 N–H and O–H groups in total. The molecule has 0 radical (unpaired) electrons. The molecule has 1 amide bonds. The molecule has 3 aromatic heterocycles. The van der Waals surface area contributed by atoms with Gasteiger partial charge >= 0.3 is 0 Å². The first-order valence-corrected chi connectivity index (χ1v) is 10.8. The summed E-state index contributed by atoms with van der Waals surface area (Å²) in [4.78, 5) is 24.4. The second-order valence-electron chi connectivity index (χ2n) is 6.08. The van der Waals surface area contributed by atoms with E-state index in [0.29, 0.717) is 16.7 Å². The van der Waals surface area contributed by atoms with Crippen LogP contribution in [-0.4, -0.2) is 27.0 Å². The van der Waals surface area contributed by atoms with E-state index >= 15 is 0 Å². The predicted molar refractivity (Wildman–Crippen MR) is 124 cm³/mol. The number of amides is 1. The Bertz CT molecular complexity index is 1090. The molecule has 5 nitrogen and oxygen atoms in total. The number of rotatable bonds is 7. The zero-order valence-electron chi connectivity index (χ0n) is 15.3. The lowest BCUT2D eigenvalue weighted by Crippen LogP contribution is -2.30. The Hall–Kier alpha value is -2.19. The molecule has 0 aliphatic carbocycles. The molecular formula is C20H18Cl2N4OS2. The lowest BCUT2D eigenvalue weighted by molar-refractivity contribution is -0.114. The molecule has 9 heteroatoms. The molecule has 0 aliphatic heterocycles. The lowest BCUT2D eigenvalue weighted by Gasteiger charge is -2.18. The number of carbonyl (C=O) groups is 1. The highest BCUT2D eigenvalue weighted by molar-refractivity contribution is 7.22. The number of benzene rings is 1. The maximum atomic E-state index is 13.0. The fraction of sp³-hybridized carbons (Fsp3) is 0.150. The molecule has 0 saturated carbocycles. The van der Waals surface area contributed by atoms with Crippen molar-refractivity contribution in [2.24, 2.45) is 0 Å². The molecule has 0 bridgehead atoms. The van der Waals surface area contributed by atoms with E-state index in [0.717, 1.165) is 28.1 Å². The second-order valence-corrected chi connectivity index (χ2v) is 8.47. The van der Waals surface area contributed by atoms with E-state index in [4.69, 9.17) is 11.6 Å². The normalized spacial score (nSPS) is 11.1. The third-order valence-corrected chi connectivity index (χ3v) is 6.33. The van der Waals surface area contributed by atoms with Crippen LogP contribution in [0.15, 0.2) is 60.5 Å². The number of para-hydroxylation sites is 1. The maximum Gasteiger partial charge on any atom is 0.252 e. The summed E-state index contributed by atoms with van der Waals surface area (Å²) in [7, 11) is 0. The summed E-state index contributed by atoms with van der Waals surface area (Å²) in [6.07, 6.45) is 9.69. The average molecular weight is 465 g/mol. The van der Waals surface area contributed by atoms with Gasteiger partial charge in [-0.15, -0.1) is 23.7 Å². The van der Waals surface area contributed by atoms with Crippen LogP contribution in [0.5, 0.6) is 0 Å². The van der Waals surface area contributed by atoms with Gasteiger partial charge in [-0.25, -0.2) is 9.97 Å². The van der Waals surface area contributed by atoms with E-state index in [-0.39, 0.29) is 18.3 Å². The van der Waals surface area contributed by atoms with Crippen molar-refractivity contribution in [3.05, 3.63) is 70.4 Å². The van der Waals surface area contributed by atoms with Gasteiger partial charge in [-0.3, -0.25) is 9.69 Å². The van der Waals surface area contributed by atoms with Crippen LogP contribution >= 0.6 is 46.7 Å². The number of hydrogen-bond donors (Lipinski definition) is 0. The smallest absolute Gasteiger partial charge is 0.252 e. The minimum Gasteiger partial charge on any atom is -0.337 e. The fourth-order valence-electron chi connectivity index (χ4n) is 2.78. The summed E-state index contributed by atoms with van der Waals surface area (Å²) < 4.78 is 2.97. The van der Waals surface area contributed by atoms with Crippen LogP contribution < -0.4 is 4.90 Å². The number of imidazole rings is 1. The van der Waals surface area contributed by atoms with E-state index in [9.17, 15) is 4.79 Å². The van der Waals surface area contributed by atoms with Gasteiger partial charge in [-0.1, -0.05) is 35.1 Å². The van der Waals surface area contributed by atoms with Crippen molar-refractivity contribution < 1.29 is 4.79 Å². The molecule has 1 aromatic carbocycles. The third-order valence-electron chi connectivity index (χ3n) is 4.15. The van der Waals surface area contributed by atoms with Crippen LogP contribution in [0.1, 0.15) is 11.3 Å². The predicted octanol–water partition coefficient (Wildman–Crippen LogP) is 5.77. The van der Waals surface area contributed by atoms with Gasteiger partial charge in [0.25, 0.3) is 5.91 Å². The van der Waals surface area contributed by atoms with Gasteiger partial charge < -0.3 is 4.57 Å². The van der Waals surface area contributed by atoms with Crippen molar-refractivity contribution in [2.75, 3.05) is 11.4 Å². The van der Waals surface area contributed by atoms with Crippen LogP contribution in [0.2, 0.25) is 5.02 Å². The summed E-state index contributed by atoms with van der Waals surface area (Å²) in [5, 5.41) is 3.25. The van der Waals surface area contributed by atoms with Crippen molar-refractivity contribution in [3.63, 3.8) is 0 Å². The summed E-state index contributed by atoms with van der Waals surface area (Å²) in [6, 6.07) is 9.63. The Morgan fingerprint density at radius 1 is 1.28 bits per heavy atom. The zero-order valence-corrected chi connectivity index (χ0v) is 18.5. The van der Waals surface area contributed by atoms with E-state index < -0.39 is 0 Å². The summed E-state index contributed by atoms with van der Waals surface area (Å²) in [5.41, 5.74) is 0.735. The minimum atomic E-state index is -0.0887. The largest absolute Gasteiger partial charge is 0.337 e. The quantitative estimate of drug-likeness (QED) is 0.326. The summed E-state index contributed by atoms with van der Waals surface area (Å²) >= 11 is 9.35. The van der Waals surface area contributed by atoms with Crippen molar-refractivity contribution >= 4 is 74.0 Å². The summed E-state index contributed by atoms with van der Waals surface area (Å²) in [5.74, 6) is -0.0887. The van der Waals surface area contributed by atoms with Gasteiger partial charge in [0.05, 0.1) is 16.0 Å². The minimum absolute atomic E-state index is 0. The number of thiophene rings is 1. The number of carbonyl (C=O) groups excluding carboxylic acids is 1. The number of thiazole rings is 1. The Balaban J connectivity index is 0.00000240. The van der Waals surface area contributed by atoms with E-state index in [1.54, 1.807) is 34.8 Å². The molecule has 3 heterocycles. The number of nitrogens with zero attached hydrogens (tertiary/aromatic N) is 4. The van der Waals surface area contributed by atoms with Crippen molar-refractivity contribution in [1.82, 2.24) is 14.5 Å². The topological polar surface area (TPSA) is 51.0 Å². The molecule has 0 atom stereocenters. The maximum absolute atomic E-state index is 13.0. The first-order chi connectivity index (χ1) is 13.7. The van der Waals surface area contributed by atoms with Crippen LogP contribution in [0, 0.1) is 0 Å². The Labute approximate surface area is 187 Å². The number of aromatic nitrogens is 3. The van der Waals surface area contributed by atoms with E-state index in [1.807, 2.05) is 52.6 Å². The van der Waals surface area contributed by atoms with Crippen LogP contribution in [-0.2, 0) is 11.3 Å². The molecule has 0 unspecified atom stereocenters. The van der Waals surface area contributed by atoms with Crippen molar-refractivity contribution in [3.8, 4) is 0 Å². The molecule has 0 spiro atoms. The average Bonchev–Trinajstić information content (AvgIpc) is 3.45. The SMILES string of the molecule is Cl.O=C(/C=C/c1cccs1)N(CCCn1ccnc1)c1nc2c(Cl)cccc2s1. The highest BCUT2D eigenvalue weighted by Gasteiger charge is 2.18. The van der Waals surface area contributed by atoms with Gasteiger partial charge in [0.2, 0.25) is 0 Å². The highest BCUT2D eigenvalue weighted by atomic mass is 35.5. The Morgan fingerprint density at radius 3 is 2.90 bits per heavy atom. The first-order valence-electron chi connectivity index (χ1n) is 8.74. The Kier molecular flexibility index (Phi) is 7.44. The zero-order chi connectivity index (χ0) is 19.3. The van der Waals surface area contributed by atoms with Gasteiger partial charge in [-0.05, 0) is 36.1 Å². The summed E-state index contributed by atoms with van der Waals surface area (Å²) in [6.45, 7) is 1.34. The van der Waals surface area contributed by atoms with E-state index in [2.05, 4.69) is 9.97 Å². The Morgan fingerprint density at radius 2 is 2.17 bits per heavy atom. The molecule has 29 heavy (non-hydrogen) atoms. The fourth-order valence-corrected chi connectivity index (χ4v) is 4.69. The monoisotopic (exact) mass is 464 g/mol. The highest BCUT2D eigenvalue weighted by Crippen LogP contribution is 2.33. The molecule has 4 rings (SSSR count). The third kappa shape index (κ3) is 5.25. The number of halogens is 2. The number of hydrogen-bond acceptors (Lipinski definition) is 5. The second kappa shape index (κ2) is 10.0. The van der Waals surface area contributed by atoms with Crippen molar-refractivity contribution in [2.45, 2.75) is 13.0 Å². The molecule has 0 saturated heterocycles. The number of aryl methyl sites for hydroxylation is 1. The lowest BCUT2D eigenvalue weighted by atomic mass is 10.3. The van der Waals surface area contributed by atoms with Gasteiger partial charge in [-0.2, -0.15) is 0 Å². The molecule has 150 valence electrons. The number of anilines is 1. The molecular weight excluding hydrogens is 447 g/mol. The molecule has 0 fully saturated rings. The number of fused-ring (bicyclic) bond motifs is 1. The molecule has 4 aromatic rings. The van der Waals surface area contributed by atoms with Gasteiger partial charge in [0.15, 0.2) is 5.13 Å². The van der Waals surface area contributed by atoms with E-state index in [1.165, 1.54) is 11.3 Å². The standard InChI is InChI=1S/C20H17ClN4OS2.ClH/c21-16-5-1-6-17-19(16)23-20(28-17)25(11-3-10-24-12-9-22-14-24)18(26)8-7-15-4-2-13-27-15;/h1-2,4-9,12-14H,3,10-11H2;1H/b8-7+;. The van der Waals surface area contributed by atoms with Gasteiger partial charge in [0.1, 0.15) is 5.52 Å². The van der Waals surface area contributed by atoms with Gasteiger partial charge in [0, 0.05) is 36.4 Å². The van der Waals surface area contributed by atoms with Crippen LogP contribution in [0.4, 0.5) is 5.13 Å².